The molecule has 1 aromatic heterocycles. The summed E-state index contributed by atoms with van der Waals surface area (Å²) in [4.78, 5) is 24.8. The number of carbonyl (C=O) groups is 1. The fourth-order valence-corrected chi connectivity index (χ4v) is 3.60. The molecule has 2 aromatic rings. The minimum absolute atomic E-state index is 0.00140. The highest BCUT2D eigenvalue weighted by molar-refractivity contribution is 5.83. The van der Waals surface area contributed by atoms with E-state index in [0.717, 1.165) is 48.9 Å². The van der Waals surface area contributed by atoms with Crippen molar-refractivity contribution in [1.29, 1.82) is 0 Å². The van der Waals surface area contributed by atoms with Crippen LogP contribution in [-0.2, 0) is 24.2 Å². The smallest absolute Gasteiger partial charge is 0.267 e. The number of nitrogens with zero attached hydrogens (tertiary/aromatic N) is 2. The topological polar surface area (TPSA) is 64.0 Å². The zero-order valence-electron chi connectivity index (χ0n) is 15.4. The number of carbonyl (C=O) groups excluding carboxylic acids is 1. The van der Waals surface area contributed by atoms with E-state index in [1.165, 1.54) is 11.1 Å². The lowest BCUT2D eigenvalue weighted by Crippen LogP contribution is -2.35. The molecule has 1 aliphatic carbocycles. The Bertz CT molecular complexity index is 799. The lowest BCUT2D eigenvalue weighted by molar-refractivity contribution is -0.122. The van der Waals surface area contributed by atoms with Crippen molar-refractivity contribution in [3.05, 3.63) is 63.6 Å². The van der Waals surface area contributed by atoms with E-state index in [0.29, 0.717) is 13.1 Å². The van der Waals surface area contributed by atoms with Gasteiger partial charge in [0.1, 0.15) is 0 Å². The highest BCUT2D eigenvalue weighted by Crippen LogP contribution is 2.19. The summed E-state index contributed by atoms with van der Waals surface area (Å²) in [6, 6.07) is 11.5. The molecular weight excluding hydrogens is 326 g/mol. The summed E-state index contributed by atoms with van der Waals surface area (Å²) in [5, 5.41) is 7.51. The molecule has 0 saturated carbocycles. The molecule has 1 aromatic carbocycles. The summed E-state index contributed by atoms with van der Waals surface area (Å²) >= 11 is 0. The molecule has 0 unspecified atom stereocenters. The van der Waals surface area contributed by atoms with Crippen molar-refractivity contribution in [1.82, 2.24) is 15.1 Å². The summed E-state index contributed by atoms with van der Waals surface area (Å²) in [7, 11) is 0. The lowest BCUT2D eigenvalue weighted by Gasteiger charge is -2.16. The minimum Gasteiger partial charge on any atom is -0.354 e. The van der Waals surface area contributed by atoms with Crippen molar-refractivity contribution in [2.24, 2.45) is 0 Å². The molecule has 1 amide bonds. The summed E-state index contributed by atoms with van der Waals surface area (Å²) in [5.41, 5.74) is 3.09. The van der Waals surface area contributed by atoms with Crippen LogP contribution in [0.1, 0.15) is 55.3 Å². The van der Waals surface area contributed by atoms with Crippen molar-refractivity contribution in [2.75, 3.05) is 6.54 Å². The van der Waals surface area contributed by atoms with Crippen molar-refractivity contribution < 1.29 is 4.79 Å². The van der Waals surface area contributed by atoms with Crippen LogP contribution in [0.4, 0.5) is 0 Å². The van der Waals surface area contributed by atoms with Crippen LogP contribution in [0.15, 0.2) is 41.2 Å². The number of rotatable bonds is 6. The zero-order valence-corrected chi connectivity index (χ0v) is 15.4. The predicted octanol–water partition coefficient (Wildman–Crippen LogP) is 2.82. The summed E-state index contributed by atoms with van der Waals surface area (Å²) < 4.78 is 1.49. The predicted molar refractivity (Wildman–Crippen MR) is 102 cm³/mol. The molecule has 0 saturated heterocycles. The van der Waals surface area contributed by atoms with Crippen molar-refractivity contribution >= 4 is 5.91 Å². The standard InChI is InChI=1S/C21H27N3O2/c1-2-18(16-9-5-3-6-10-16)21(26)22-13-14-24-20(25)15-17-11-7-4-8-12-19(17)23-24/h3,5-6,9-10,15,18H,2,4,7-8,11-14H2,1H3,(H,22,26)/t18-/m0/s1. The van der Waals surface area contributed by atoms with E-state index < -0.39 is 0 Å². The van der Waals surface area contributed by atoms with Gasteiger partial charge in [-0.3, -0.25) is 9.59 Å². The van der Waals surface area contributed by atoms with Crippen molar-refractivity contribution in [3.63, 3.8) is 0 Å². The number of aromatic nitrogens is 2. The molecule has 0 fully saturated rings. The van der Waals surface area contributed by atoms with Gasteiger partial charge in [-0.25, -0.2) is 4.68 Å². The largest absolute Gasteiger partial charge is 0.354 e. The van der Waals surface area contributed by atoms with E-state index in [2.05, 4.69) is 10.4 Å². The molecule has 0 spiro atoms. The SMILES string of the molecule is CC[C@H](C(=O)NCCn1nc2c(cc1=O)CCCCC2)c1ccccc1. The third kappa shape index (κ3) is 4.40. The monoisotopic (exact) mass is 353 g/mol. The number of aryl methyl sites for hydroxylation is 2. The van der Waals surface area contributed by atoms with Crippen LogP contribution in [0.25, 0.3) is 0 Å². The first-order chi connectivity index (χ1) is 12.7. The number of amides is 1. The second kappa shape index (κ2) is 8.79. The van der Waals surface area contributed by atoms with Gasteiger partial charge in [-0.1, -0.05) is 43.7 Å². The van der Waals surface area contributed by atoms with Gasteiger partial charge in [-0.2, -0.15) is 5.10 Å². The van der Waals surface area contributed by atoms with Gasteiger partial charge in [0.15, 0.2) is 0 Å². The maximum atomic E-state index is 12.5. The fourth-order valence-electron chi connectivity index (χ4n) is 3.60. The van der Waals surface area contributed by atoms with E-state index in [9.17, 15) is 9.59 Å². The average Bonchev–Trinajstić information content (AvgIpc) is 2.88. The molecular formula is C21H27N3O2. The molecule has 5 heteroatoms. The number of hydrogen-bond donors (Lipinski definition) is 1. The fraction of sp³-hybridized carbons (Fsp3) is 0.476. The zero-order chi connectivity index (χ0) is 18.4. The van der Waals surface area contributed by atoms with Gasteiger partial charge in [0.2, 0.25) is 5.91 Å². The molecule has 3 rings (SSSR count). The summed E-state index contributed by atoms with van der Waals surface area (Å²) in [6.45, 7) is 2.83. The third-order valence-electron chi connectivity index (χ3n) is 5.07. The van der Waals surface area contributed by atoms with E-state index in [1.807, 2.05) is 37.3 Å². The molecule has 1 aliphatic rings. The van der Waals surface area contributed by atoms with Gasteiger partial charge in [-0.05, 0) is 43.2 Å². The van der Waals surface area contributed by atoms with Crippen LogP contribution in [-0.4, -0.2) is 22.2 Å². The molecule has 1 heterocycles. The molecule has 1 N–H and O–H groups in total. The van der Waals surface area contributed by atoms with Crippen molar-refractivity contribution in [2.45, 2.75) is 57.9 Å². The maximum Gasteiger partial charge on any atom is 0.267 e. The van der Waals surface area contributed by atoms with Gasteiger partial charge >= 0.3 is 0 Å². The highest BCUT2D eigenvalue weighted by atomic mass is 16.2. The third-order valence-corrected chi connectivity index (χ3v) is 5.07. The molecule has 0 radical (unpaired) electrons. The first-order valence-electron chi connectivity index (χ1n) is 9.61. The lowest BCUT2D eigenvalue weighted by atomic mass is 9.96. The maximum absolute atomic E-state index is 12.5. The van der Waals surface area contributed by atoms with Crippen LogP contribution >= 0.6 is 0 Å². The number of fused-ring (bicyclic) bond motifs is 1. The van der Waals surface area contributed by atoms with E-state index in [1.54, 1.807) is 6.07 Å². The first-order valence-corrected chi connectivity index (χ1v) is 9.61. The molecule has 138 valence electrons. The Morgan fingerprint density at radius 1 is 1.19 bits per heavy atom. The van der Waals surface area contributed by atoms with Gasteiger partial charge in [0, 0.05) is 12.6 Å². The second-order valence-electron chi connectivity index (χ2n) is 6.90. The second-order valence-corrected chi connectivity index (χ2v) is 6.90. The Morgan fingerprint density at radius 3 is 2.73 bits per heavy atom. The Hall–Kier alpha value is -2.43. The van der Waals surface area contributed by atoms with Gasteiger partial charge < -0.3 is 5.32 Å². The van der Waals surface area contributed by atoms with Gasteiger partial charge in [0.05, 0.1) is 18.2 Å². The quantitative estimate of drug-likeness (QED) is 0.812. The van der Waals surface area contributed by atoms with Crippen LogP contribution in [0.2, 0.25) is 0 Å². The highest BCUT2D eigenvalue weighted by Gasteiger charge is 2.18. The molecule has 5 nitrogen and oxygen atoms in total. The molecule has 1 atom stereocenters. The Morgan fingerprint density at radius 2 is 1.96 bits per heavy atom. The van der Waals surface area contributed by atoms with Crippen LogP contribution in [0.5, 0.6) is 0 Å². The minimum atomic E-state index is -0.159. The van der Waals surface area contributed by atoms with E-state index >= 15 is 0 Å². The molecule has 0 bridgehead atoms. The normalized spacial score (nSPS) is 15.0. The van der Waals surface area contributed by atoms with Gasteiger partial charge in [0.25, 0.3) is 5.56 Å². The molecule has 26 heavy (non-hydrogen) atoms. The van der Waals surface area contributed by atoms with Crippen molar-refractivity contribution in [3.8, 4) is 0 Å². The van der Waals surface area contributed by atoms with Crippen LogP contribution in [0, 0.1) is 0 Å². The summed E-state index contributed by atoms with van der Waals surface area (Å²) in [5.74, 6) is -0.158. The average molecular weight is 353 g/mol. The molecule has 0 aliphatic heterocycles. The number of nitrogens with one attached hydrogen (secondary N) is 1. The summed E-state index contributed by atoms with van der Waals surface area (Å²) in [6.07, 6.45) is 6.08. The Kier molecular flexibility index (Phi) is 6.21. The van der Waals surface area contributed by atoms with E-state index in [-0.39, 0.29) is 17.4 Å². The Balaban J connectivity index is 1.61. The van der Waals surface area contributed by atoms with Crippen LogP contribution < -0.4 is 10.9 Å². The van der Waals surface area contributed by atoms with Gasteiger partial charge in [-0.15, -0.1) is 0 Å². The number of benzene rings is 1. The van der Waals surface area contributed by atoms with Crippen LogP contribution in [0.3, 0.4) is 0 Å². The first kappa shape index (κ1) is 18.4. The Labute approximate surface area is 154 Å². The number of hydrogen-bond acceptors (Lipinski definition) is 3. The van der Waals surface area contributed by atoms with E-state index in [4.69, 9.17) is 0 Å².